The van der Waals surface area contributed by atoms with Crippen LogP contribution >= 0.6 is 0 Å². The Labute approximate surface area is 97.4 Å². The number of unbranched alkanes of at least 4 members (excludes halogenated alkanes) is 1. The first-order valence-corrected chi connectivity index (χ1v) is 5.74. The van der Waals surface area contributed by atoms with E-state index in [0.29, 0.717) is 13.1 Å². The van der Waals surface area contributed by atoms with Crippen LogP contribution in [0.15, 0.2) is 0 Å². The summed E-state index contributed by atoms with van der Waals surface area (Å²) < 4.78 is 0. The Morgan fingerprint density at radius 3 is 2.50 bits per heavy atom. The summed E-state index contributed by atoms with van der Waals surface area (Å²) in [6.07, 6.45) is 1.88. The maximum Gasteiger partial charge on any atom is 0.237 e. The number of amides is 2. The topological polar surface area (TPSA) is 75.4 Å². The first kappa shape index (κ1) is 14.9. The Morgan fingerprint density at radius 1 is 1.44 bits per heavy atom. The lowest BCUT2D eigenvalue weighted by molar-refractivity contribution is -0.138. The molecule has 2 amide bonds. The smallest absolute Gasteiger partial charge is 0.237 e. The molecule has 0 aliphatic rings. The summed E-state index contributed by atoms with van der Waals surface area (Å²) in [6, 6.07) is 0. The highest BCUT2D eigenvalue weighted by atomic mass is 16.2. The quantitative estimate of drug-likeness (QED) is 0.613. The molecule has 16 heavy (non-hydrogen) atoms. The Balaban J connectivity index is 4.35. The van der Waals surface area contributed by atoms with Gasteiger partial charge in [0, 0.05) is 19.0 Å². The summed E-state index contributed by atoms with van der Waals surface area (Å²) in [6.45, 7) is 5.13. The van der Waals surface area contributed by atoms with Gasteiger partial charge in [-0.2, -0.15) is 0 Å². The first-order valence-electron chi connectivity index (χ1n) is 5.74. The number of rotatable bonds is 8. The molecular weight excluding hydrogens is 206 g/mol. The fourth-order valence-corrected chi connectivity index (χ4v) is 1.51. The molecule has 0 fully saturated rings. The largest absolute Gasteiger partial charge is 0.368 e. The van der Waals surface area contributed by atoms with Crippen LogP contribution in [0, 0.1) is 5.92 Å². The van der Waals surface area contributed by atoms with Crippen LogP contribution in [0.3, 0.4) is 0 Å². The van der Waals surface area contributed by atoms with Gasteiger partial charge in [-0.1, -0.05) is 20.3 Å². The van der Waals surface area contributed by atoms with Gasteiger partial charge < -0.3 is 16.0 Å². The van der Waals surface area contributed by atoms with Crippen molar-refractivity contribution in [3.63, 3.8) is 0 Å². The second-order valence-electron chi connectivity index (χ2n) is 4.04. The molecule has 0 bridgehead atoms. The second-order valence-corrected chi connectivity index (χ2v) is 4.04. The van der Waals surface area contributed by atoms with Crippen molar-refractivity contribution in [1.82, 2.24) is 10.2 Å². The van der Waals surface area contributed by atoms with E-state index in [0.717, 1.165) is 12.8 Å². The molecule has 1 atom stereocenters. The van der Waals surface area contributed by atoms with Gasteiger partial charge in [0.25, 0.3) is 0 Å². The van der Waals surface area contributed by atoms with E-state index in [9.17, 15) is 9.59 Å². The fraction of sp³-hybridized carbons (Fsp3) is 0.818. The highest BCUT2D eigenvalue weighted by Gasteiger charge is 2.20. The summed E-state index contributed by atoms with van der Waals surface area (Å²) in [7, 11) is 1.80. The van der Waals surface area contributed by atoms with E-state index in [4.69, 9.17) is 5.73 Å². The number of carbonyl (C=O) groups is 2. The van der Waals surface area contributed by atoms with Crippen molar-refractivity contribution in [1.29, 1.82) is 0 Å². The van der Waals surface area contributed by atoms with Crippen LogP contribution in [0.25, 0.3) is 0 Å². The molecule has 0 saturated heterocycles. The zero-order valence-electron chi connectivity index (χ0n) is 10.5. The van der Waals surface area contributed by atoms with Crippen LogP contribution in [0.5, 0.6) is 0 Å². The van der Waals surface area contributed by atoms with Crippen molar-refractivity contribution in [2.24, 2.45) is 11.7 Å². The van der Waals surface area contributed by atoms with Gasteiger partial charge in [0.05, 0.1) is 6.54 Å². The van der Waals surface area contributed by atoms with Gasteiger partial charge in [0.15, 0.2) is 0 Å². The number of primary amides is 1. The lowest BCUT2D eigenvalue weighted by Gasteiger charge is -2.24. The van der Waals surface area contributed by atoms with Crippen molar-refractivity contribution in [3.05, 3.63) is 0 Å². The molecule has 0 heterocycles. The monoisotopic (exact) mass is 229 g/mol. The van der Waals surface area contributed by atoms with Gasteiger partial charge in [-0.05, 0) is 13.5 Å². The minimum absolute atomic E-state index is 0.0124. The average Bonchev–Trinajstić information content (AvgIpc) is 2.23. The normalized spacial score (nSPS) is 12.2. The summed E-state index contributed by atoms with van der Waals surface area (Å²) in [5, 5.41) is 2.95. The van der Waals surface area contributed by atoms with Crippen molar-refractivity contribution >= 4 is 11.8 Å². The SMILES string of the molecule is CCCCN(CC(N)=O)C(=O)C(C)CNC. The van der Waals surface area contributed by atoms with Crippen LogP contribution in [-0.4, -0.2) is 43.4 Å². The molecule has 5 nitrogen and oxygen atoms in total. The number of hydrogen-bond acceptors (Lipinski definition) is 3. The predicted molar refractivity (Wildman–Crippen MR) is 63.8 cm³/mol. The van der Waals surface area contributed by atoms with E-state index in [1.165, 1.54) is 0 Å². The van der Waals surface area contributed by atoms with Crippen LogP contribution in [0.1, 0.15) is 26.7 Å². The molecule has 0 radical (unpaired) electrons. The Kier molecular flexibility index (Phi) is 7.54. The molecule has 0 aliphatic heterocycles. The van der Waals surface area contributed by atoms with Gasteiger partial charge >= 0.3 is 0 Å². The second kappa shape index (κ2) is 8.10. The molecule has 0 spiro atoms. The molecule has 0 aromatic rings. The molecule has 0 rings (SSSR count). The van der Waals surface area contributed by atoms with Gasteiger partial charge in [0.1, 0.15) is 0 Å². The van der Waals surface area contributed by atoms with Gasteiger partial charge in [0.2, 0.25) is 11.8 Å². The van der Waals surface area contributed by atoms with Gasteiger partial charge in [-0.3, -0.25) is 9.59 Å². The lowest BCUT2D eigenvalue weighted by atomic mass is 10.1. The molecular formula is C11H23N3O2. The summed E-state index contributed by atoms with van der Waals surface area (Å²) in [4.78, 5) is 24.4. The first-order chi connectivity index (χ1) is 7.52. The van der Waals surface area contributed by atoms with E-state index in [2.05, 4.69) is 5.32 Å². The van der Waals surface area contributed by atoms with Crippen LogP contribution in [0.4, 0.5) is 0 Å². The third-order valence-electron chi connectivity index (χ3n) is 2.37. The number of nitrogens with zero attached hydrogens (tertiary/aromatic N) is 1. The van der Waals surface area contributed by atoms with Crippen LogP contribution < -0.4 is 11.1 Å². The minimum Gasteiger partial charge on any atom is -0.368 e. The zero-order valence-corrected chi connectivity index (χ0v) is 10.5. The van der Waals surface area contributed by atoms with Crippen molar-refractivity contribution < 1.29 is 9.59 Å². The van der Waals surface area contributed by atoms with Crippen molar-refractivity contribution in [2.45, 2.75) is 26.7 Å². The third-order valence-corrected chi connectivity index (χ3v) is 2.37. The van der Waals surface area contributed by atoms with E-state index >= 15 is 0 Å². The van der Waals surface area contributed by atoms with Gasteiger partial charge in [-0.25, -0.2) is 0 Å². The highest BCUT2D eigenvalue weighted by Crippen LogP contribution is 2.03. The molecule has 1 unspecified atom stereocenters. The van der Waals surface area contributed by atoms with Crippen LogP contribution in [0.2, 0.25) is 0 Å². The Bertz CT molecular complexity index is 231. The van der Waals surface area contributed by atoms with Crippen molar-refractivity contribution in [3.8, 4) is 0 Å². The highest BCUT2D eigenvalue weighted by molar-refractivity contribution is 5.85. The Hall–Kier alpha value is -1.10. The minimum atomic E-state index is -0.457. The van der Waals surface area contributed by atoms with E-state index in [1.54, 1.807) is 11.9 Å². The molecule has 5 heteroatoms. The molecule has 0 aromatic carbocycles. The summed E-state index contributed by atoms with van der Waals surface area (Å²) in [5.74, 6) is -0.594. The summed E-state index contributed by atoms with van der Waals surface area (Å²) in [5.41, 5.74) is 5.13. The van der Waals surface area contributed by atoms with E-state index < -0.39 is 5.91 Å². The van der Waals surface area contributed by atoms with E-state index in [-0.39, 0.29) is 18.4 Å². The fourth-order valence-electron chi connectivity index (χ4n) is 1.51. The number of nitrogens with one attached hydrogen (secondary N) is 1. The third kappa shape index (κ3) is 5.70. The molecule has 0 saturated carbocycles. The molecule has 94 valence electrons. The Morgan fingerprint density at radius 2 is 2.06 bits per heavy atom. The molecule has 0 aliphatic carbocycles. The van der Waals surface area contributed by atoms with Crippen molar-refractivity contribution in [2.75, 3.05) is 26.7 Å². The maximum absolute atomic E-state index is 12.0. The maximum atomic E-state index is 12.0. The number of hydrogen-bond donors (Lipinski definition) is 2. The molecule has 0 aromatic heterocycles. The van der Waals surface area contributed by atoms with Gasteiger partial charge in [-0.15, -0.1) is 0 Å². The standard InChI is InChI=1S/C11H23N3O2/c1-4-5-6-14(8-10(12)15)11(16)9(2)7-13-3/h9,13H,4-8H2,1-3H3,(H2,12,15). The summed E-state index contributed by atoms with van der Waals surface area (Å²) >= 11 is 0. The average molecular weight is 229 g/mol. The predicted octanol–water partition coefficient (Wildman–Crippen LogP) is -0.0441. The number of nitrogens with two attached hydrogens (primary N) is 1. The van der Waals surface area contributed by atoms with Crippen LogP contribution in [-0.2, 0) is 9.59 Å². The number of carbonyl (C=O) groups excluding carboxylic acids is 2. The lowest BCUT2D eigenvalue weighted by Crippen LogP contribution is -2.43. The zero-order chi connectivity index (χ0) is 12.6. The van der Waals surface area contributed by atoms with E-state index in [1.807, 2.05) is 13.8 Å². The molecule has 3 N–H and O–H groups in total.